The summed E-state index contributed by atoms with van der Waals surface area (Å²) in [5.74, 6) is -0.0168. The predicted molar refractivity (Wildman–Crippen MR) is 64.1 cm³/mol. The number of nitrogens with one attached hydrogen (secondary N) is 1. The van der Waals surface area contributed by atoms with Gasteiger partial charge in [0.2, 0.25) is 0 Å². The molecule has 3 nitrogen and oxygen atoms in total. The van der Waals surface area contributed by atoms with Gasteiger partial charge in [-0.05, 0) is 26.0 Å². The van der Waals surface area contributed by atoms with E-state index >= 15 is 0 Å². The molecule has 4 heteroatoms. The van der Waals surface area contributed by atoms with Crippen LogP contribution in [0.15, 0.2) is 18.2 Å². The lowest BCUT2D eigenvalue weighted by atomic mass is 10.2. The number of halogens is 1. The van der Waals surface area contributed by atoms with Crippen LogP contribution < -0.4 is 10.1 Å². The van der Waals surface area contributed by atoms with Crippen molar-refractivity contribution in [1.82, 2.24) is 5.32 Å². The molecule has 1 N–H and O–H groups in total. The molecule has 0 saturated heterocycles. The summed E-state index contributed by atoms with van der Waals surface area (Å²) in [4.78, 5) is 0. The van der Waals surface area contributed by atoms with Gasteiger partial charge in [-0.25, -0.2) is 4.39 Å². The van der Waals surface area contributed by atoms with Gasteiger partial charge in [0, 0.05) is 18.5 Å². The fourth-order valence-electron chi connectivity index (χ4n) is 1.53. The maximum absolute atomic E-state index is 13.5. The van der Waals surface area contributed by atoms with Gasteiger partial charge in [-0.1, -0.05) is 12.1 Å². The molecule has 0 aromatic heterocycles. The molecule has 0 saturated carbocycles. The summed E-state index contributed by atoms with van der Waals surface area (Å²) < 4.78 is 19.0. The first kappa shape index (κ1) is 13.5. The zero-order valence-electron chi connectivity index (χ0n) is 10.0. The van der Waals surface area contributed by atoms with Gasteiger partial charge in [-0.15, -0.1) is 0 Å². The quantitative estimate of drug-likeness (QED) is 0.740. The second kappa shape index (κ2) is 7.64. The Kier molecular flexibility index (Phi) is 6.05. The molecule has 17 heavy (non-hydrogen) atoms. The number of hydrogen-bond acceptors (Lipinski definition) is 3. The molecule has 0 unspecified atom stereocenters. The molecule has 0 atom stereocenters. The van der Waals surface area contributed by atoms with E-state index in [-0.39, 0.29) is 5.82 Å². The monoisotopic (exact) mass is 236 g/mol. The highest BCUT2D eigenvalue weighted by Gasteiger charge is 2.08. The van der Waals surface area contributed by atoms with Crippen molar-refractivity contribution < 1.29 is 9.13 Å². The zero-order chi connectivity index (χ0) is 12.5. The van der Waals surface area contributed by atoms with E-state index in [9.17, 15) is 4.39 Å². The third-order valence-corrected chi connectivity index (χ3v) is 2.35. The van der Waals surface area contributed by atoms with Crippen molar-refractivity contribution in [3.8, 4) is 11.8 Å². The Morgan fingerprint density at radius 1 is 1.41 bits per heavy atom. The fourth-order valence-corrected chi connectivity index (χ4v) is 1.53. The first-order valence-corrected chi connectivity index (χ1v) is 5.71. The van der Waals surface area contributed by atoms with Crippen LogP contribution in [0.25, 0.3) is 0 Å². The number of unbranched alkanes of at least 4 members (excludes halogenated alkanes) is 2. The average Bonchev–Trinajstić information content (AvgIpc) is 2.32. The lowest BCUT2D eigenvalue weighted by Crippen LogP contribution is -2.09. The van der Waals surface area contributed by atoms with E-state index in [4.69, 9.17) is 10.00 Å². The number of para-hydroxylation sites is 1. The lowest BCUT2D eigenvalue weighted by molar-refractivity contribution is 0.289. The third-order valence-electron chi connectivity index (χ3n) is 2.35. The maximum atomic E-state index is 13.5. The summed E-state index contributed by atoms with van der Waals surface area (Å²) >= 11 is 0. The molecule has 0 heterocycles. The SMILES string of the molecule is CNCc1cccc(F)c1OCCCCC#N. The second-order valence-corrected chi connectivity index (χ2v) is 3.72. The van der Waals surface area contributed by atoms with E-state index in [2.05, 4.69) is 11.4 Å². The molecule has 1 aromatic rings. The Morgan fingerprint density at radius 2 is 2.24 bits per heavy atom. The number of nitriles is 1. The van der Waals surface area contributed by atoms with Crippen molar-refractivity contribution in [2.75, 3.05) is 13.7 Å². The van der Waals surface area contributed by atoms with E-state index in [1.807, 2.05) is 13.1 Å². The van der Waals surface area contributed by atoms with Crippen LogP contribution in [0.3, 0.4) is 0 Å². The molecular formula is C13H17FN2O. The number of ether oxygens (including phenoxy) is 1. The van der Waals surface area contributed by atoms with Crippen molar-refractivity contribution in [2.24, 2.45) is 0 Å². The summed E-state index contributed by atoms with van der Waals surface area (Å²) in [6, 6.07) is 6.97. The van der Waals surface area contributed by atoms with Gasteiger partial charge in [0.25, 0.3) is 0 Å². The van der Waals surface area contributed by atoms with Crippen LogP contribution in [0.4, 0.5) is 4.39 Å². The Morgan fingerprint density at radius 3 is 2.94 bits per heavy atom. The van der Waals surface area contributed by atoms with Crippen molar-refractivity contribution in [2.45, 2.75) is 25.8 Å². The summed E-state index contributed by atoms with van der Waals surface area (Å²) in [5.41, 5.74) is 0.813. The van der Waals surface area contributed by atoms with E-state index in [0.29, 0.717) is 25.3 Å². The number of benzene rings is 1. The third kappa shape index (κ3) is 4.41. The van der Waals surface area contributed by atoms with Crippen LogP contribution in [0, 0.1) is 17.1 Å². The second-order valence-electron chi connectivity index (χ2n) is 3.72. The van der Waals surface area contributed by atoms with Gasteiger partial charge in [0.1, 0.15) is 0 Å². The van der Waals surface area contributed by atoms with Gasteiger partial charge in [-0.3, -0.25) is 0 Å². The Labute approximate surface area is 101 Å². The minimum absolute atomic E-state index is 0.318. The van der Waals surface area contributed by atoms with E-state index < -0.39 is 0 Å². The highest BCUT2D eigenvalue weighted by atomic mass is 19.1. The normalized spacial score (nSPS) is 9.94. The van der Waals surface area contributed by atoms with Gasteiger partial charge < -0.3 is 10.1 Å². The highest BCUT2D eigenvalue weighted by molar-refractivity contribution is 5.34. The Hall–Kier alpha value is -1.60. The standard InChI is InChI=1S/C13H17FN2O/c1-16-10-11-6-5-7-12(14)13(11)17-9-4-2-3-8-15/h5-7,16H,2-4,9-10H2,1H3. The zero-order valence-corrected chi connectivity index (χ0v) is 10.0. The lowest BCUT2D eigenvalue weighted by Gasteiger charge is -2.11. The molecule has 0 bridgehead atoms. The van der Waals surface area contributed by atoms with Crippen molar-refractivity contribution in [3.63, 3.8) is 0 Å². The van der Waals surface area contributed by atoms with Gasteiger partial charge in [0.15, 0.2) is 11.6 Å². The van der Waals surface area contributed by atoms with Crippen LogP contribution >= 0.6 is 0 Å². The van der Waals surface area contributed by atoms with Crippen LogP contribution in [0.5, 0.6) is 5.75 Å². The number of nitrogens with zero attached hydrogens (tertiary/aromatic N) is 1. The molecule has 0 aliphatic carbocycles. The molecule has 0 radical (unpaired) electrons. The first-order valence-electron chi connectivity index (χ1n) is 5.71. The van der Waals surface area contributed by atoms with Crippen LogP contribution in [0.2, 0.25) is 0 Å². The smallest absolute Gasteiger partial charge is 0.165 e. The summed E-state index contributed by atoms with van der Waals surface area (Å²) in [7, 11) is 1.81. The van der Waals surface area contributed by atoms with E-state index in [1.165, 1.54) is 6.07 Å². The average molecular weight is 236 g/mol. The van der Waals surface area contributed by atoms with Crippen LogP contribution in [0.1, 0.15) is 24.8 Å². The molecule has 0 fully saturated rings. The first-order chi connectivity index (χ1) is 8.29. The highest BCUT2D eigenvalue weighted by Crippen LogP contribution is 2.22. The van der Waals surface area contributed by atoms with Crippen LogP contribution in [-0.4, -0.2) is 13.7 Å². The summed E-state index contributed by atoms with van der Waals surface area (Å²) in [6.45, 7) is 1.02. The predicted octanol–water partition coefficient (Wildman–Crippen LogP) is 2.62. The molecule has 0 spiro atoms. The number of hydrogen-bond donors (Lipinski definition) is 1. The minimum Gasteiger partial charge on any atom is -0.490 e. The molecule has 1 aromatic carbocycles. The van der Waals surface area contributed by atoms with E-state index in [0.717, 1.165) is 18.4 Å². The van der Waals surface area contributed by atoms with Crippen molar-refractivity contribution in [1.29, 1.82) is 5.26 Å². The van der Waals surface area contributed by atoms with E-state index in [1.54, 1.807) is 6.07 Å². The van der Waals surface area contributed by atoms with Crippen LogP contribution in [-0.2, 0) is 6.54 Å². The largest absolute Gasteiger partial charge is 0.490 e. The molecule has 0 amide bonds. The summed E-state index contributed by atoms with van der Waals surface area (Å²) in [6.07, 6.45) is 2.07. The topological polar surface area (TPSA) is 45.0 Å². The Balaban J connectivity index is 2.53. The van der Waals surface area contributed by atoms with Gasteiger partial charge in [0.05, 0.1) is 12.7 Å². The number of rotatable bonds is 7. The molecule has 0 aliphatic rings. The van der Waals surface area contributed by atoms with Crippen molar-refractivity contribution >= 4 is 0 Å². The van der Waals surface area contributed by atoms with Gasteiger partial charge in [-0.2, -0.15) is 5.26 Å². The van der Waals surface area contributed by atoms with Crippen molar-refractivity contribution in [3.05, 3.63) is 29.6 Å². The van der Waals surface area contributed by atoms with Gasteiger partial charge >= 0.3 is 0 Å². The minimum atomic E-state index is -0.335. The fraction of sp³-hybridized carbons (Fsp3) is 0.462. The summed E-state index contributed by atoms with van der Waals surface area (Å²) in [5, 5.41) is 11.4. The molecule has 92 valence electrons. The molecule has 0 aliphatic heterocycles. The molecule has 1 rings (SSSR count). The Bertz CT molecular complexity index is 387. The maximum Gasteiger partial charge on any atom is 0.165 e. The molecular weight excluding hydrogens is 219 g/mol.